The summed E-state index contributed by atoms with van der Waals surface area (Å²) in [6.07, 6.45) is 0. The predicted octanol–water partition coefficient (Wildman–Crippen LogP) is 14.6. The zero-order chi connectivity index (χ0) is 37.8. The minimum atomic E-state index is -0.470. The van der Waals surface area contributed by atoms with Crippen LogP contribution in [0.5, 0.6) is 11.5 Å². The summed E-state index contributed by atoms with van der Waals surface area (Å²) in [7, 11) is 0. The van der Waals surface area contributed by atoms with Crippen LogP contribution in [-0.2, 0) is 5.41 Å². The minimum Gasteiger partial charge on any atom is -0.457 e. The van der Waals surface area contributed by atoms with Crippen molar-refractivity contribution < 1.29 is 4.74 Å². The molecule has 0 atom stereocenters. The number of benzene rings is 9. The van der Waals surface area contributed by atoms with Crippen LogP contribution >= 0.6 is 0 Å². The molecule has 0 saturated carbocycles. The van der Waals surface area contributed by atoms with Gasteiger partial charge >= 0.3 is 0 Å². The second-order valence-electron chi connectivity index (χ2n) is 14.8. The monoisotopic (exact) mass is 727 g/mol. The first-order valence-corrected chi connectivity index (χ1v) is 19.6. The molecule has 0 amide bonds. The molecule has 268 valence electrons. The van der Waals surface area contributed by atoms with Crippen molar-refractivity contribution in [2.24, 2.45) is 0 Å². The Kier molecular flexibility index (Phi) is 7.75. The minimum absolute atomic E-state index is 0.470. The van der Waals surface area contributed by atoms with Gasteiger partial charge in [0.05, 0.1) is 11.1 Å². The van der Waals surface area contributed by atoms with E-state index >= 15 is 0 Å². The zero-order valence-electron chi connectivity index (χ0n) is 31.2. The van der Waals surface area contributed by atoms with Gasteiger partial charge in [-0.25, -0.2) is 0 Å². The summed E-state index contributed by atoms with van der Waals surface area (Å²) in [4.78, 5) is 2.37. The largest absolute Gasteiger partial charge is 0.457 e. The van der Waals surface area contributed by atoms with Crippen molar-refractivity contribution in [3.8, 4) is 56.0 Å². The molecule has 1 spiro atoms. The number of hydrogen-bond donors (Lipinski definition) is 0. The maximum absolute atomic E-state index is 6.82. The Balaban J connectivity index is 1.02. The number of fused-ring (bicyclic) bond motifs is 9. The predicted molar refractivity (Wildman–Crippen MR) is 235 cm³/mol. The molecule has 0 aromatic heterocycles. The van der Waals surface area contributed by atoms with Gasteiger partial charge in [0, 0.05) is 28.1 Å². The molecule has 0 saturated heterocycles. The third-order valence-corrected chi connectivity index (χ3v) is 11.8. The average molecular weight is 728 g/mol. The molecule has 0 bridgehead atoms. The van der Waals surface area contributed by atoms with E-state index in [4.69, 9.17) is 4.74 Å². The van der Waals surface area contributed by atoms with Gasteiger partial charge in [0.1, 0.15) is 11.5 Å². The van der Waals surface area contributed by atoms with Gasteiger partial charge in [-0.15, -0.1) is 0 Å². The Hall–Kier alpha value is -7.42. The second-order valence-corrected chi connectivity index (χ2v) is 14.8. The first-order valence-electron chi connectivity index (χ1n) is 19.6. The lowest BCUT2D eigenvalue weighted by atomic mass is 9.66. The van der Waals surface area contributed by atoms with Crippen molar-refractivity contribution in [3.05, 3.63) is 247 Å². The van der Waals surface area contributed by atoms with E-state index in [1.54, 1.807) is 0 Å². The normalized spacial score (nSPS) is 12.8. The van der Waals surface area contributed by atoms with Crippen LogP contribution < -0.4 is 9.64 Å². The standard InChI is InChI=1S/C55H37NO/c1-3-15-38(16-4-1)39-27-32-43(33-28-39)56(52-25-13-9-19-45(52)41-17-5-2-6-18-41)44-34-29-40(30-35-44)42-31-36-51-54(37-42)57-53-26-14-12-24-50(53)55(51)48-22-10-7-20-46(48)47-21-8-11-23-49(47)55/h1-37H. The van der Waals surface area contributed by atoms with Crippen molar-refractivity contribution in [3.63, 3.8) is 0 Å². The molecule has 0 unspecified atom stereocenters. The van der Waals surface area contributed by atoms with Gasteiger partial charge in [-0.3, -0.25) is 0 Å². The number of rotatable bonds is 6. The highest BCUT2D eigenvalue weighted by Gasteiger charge is 2.50. The van der Waals surface area contributed by atoms with Crippen LogP contribution in [0, 0.1) is 0 Å². The topological polar surface area (TPSA) is 12.5 Å². The SMILES string of the molecule is c1ccc(-c2ccc(N(c3ccc(-c4ccc5c(c4)Oc4ccccc4C54c5ccccc5-c5ccccc54)cc3)c3ccccc3-c3ccccc3)cc2)cc1. The molecule has 1 aliphatic carbocycles. The number of ether oxygens (including phenoxy) is 1. The van der Waals surface area contributed by atoms with E-state index in [-0.39, 0.29) is 0 Å². The smallest absolute Gasteiger partial charge is 0.132 e. The Morgan fingerprint density at radius 2 is 0.737 bits per heavy atom. The van der Waals surface area contributed by atoms with Gasteiger partial charge in [-0.05, 0) is 92.5 Å². The first-order chi connectivity index (χ1) is 28.3. The Morgan fingerprint density at radius 1 is 0.298 bits per heavy atom. The lowest BCUT2D eigenvalue weighted by molar-refractivity contribution is 0.436. The fourth-order valence-corrected chi connectivity index (χ4v) is 9.23. The van der Waals surface area contributed by atoms with Crippen LogP contribution in [0.25, 0.3) is 44.5 Å². The summed E-state index contributed by atoms with van der Waals surface area (Å²) in [5.74, 6) is 1.79. The Morgan fingerprint density at radius 3 is 1.37 bits per heavy atom. The number of nitrogens with zero attached hydrogens (tertiary/aromatic N) is 1. The number of hydrogen-bond acceptors (Lipinski definition) is 2. The van der Waals surface area contributed by atoms with Crippen molar-refractivity contribution in [2.45, 2.75) is 5.41 Å². The molecule has 9 aromatic carbocycles. The zero-order valence-corrected chi connectivity index (χ0v) is 31.2. The van der Waals surface area contributed by atoms with Crippen LogP contribution in [0.2, 0.25) is 0 Å². The van der Waals surface area contributed by atoms with E-state index in [1.807, 2.05) is 0 Å². The number of para-hydroxylation sites is 2. The fourth-order valence-electron chi connectivity index (χ4n) is 9.23. The quantitative estimate of drug-likeness (QED) is 0.169. The van der Waals surface area contributed by atoms with Crippen molar-refractivity contribution in [1.29, 1.82) is 0 Å². The lowest BCUT2D eigenvalue weighted by Gasteiger charge is -2.39. The van der Waals surface area contributed by atoms with Gasteiger partial charge in [0.25, 0.3) is 0 Å². The second kappa shape index (κ2) is 13.4. The third kappa shape index (κ3) is 5.26. The third-order valence-electron chi connectivity index (χ3n) is 11.8. The molecule has 1 heterocycles. The molecule has 0 radical (unpaired) electrons. The highest BCUT2D eigenvalue weighted by molar-refractivity contribution is 5.91. The van der Waals surface area contributed by atoms with E-state index in [0.29, 0.717) is 0 Å². The van der Waals surface area contributed by atoms with E-state index in [0.717, 1.165) is 39.7 Å². The van der Waals surface area contributed by atoms with Crippen LogP contribution in [0.1, 0.15) is 22.3 Å². The summed E-state index contributed by atoms with van der Waals surface area (Å²) < 4.78 is 6.82. The summed E-state index contributed by atoms with van der Waals surface area (Å²) in [5.41, 5.74) is 17.3. The summed E-state index contributed by atoms with van der Waals surface area (Å²) in [6.45, 7) is 0. The van der Waals surface area contributed by atoms with Crippen molar-refractivity contribution >= 4 is 17.1 Å². The lowest BCUT2D eigenvalue weighted by Crippen LogP contribution is -2.32. The van der Waals surface area contributed by atoms with Crippen molar-refractivity contribution in [1.82, 2.24) is 0 Å². The van der Waals surface area contributed by atoms with E-state index < -0.39 is 5.41 Å². The van der Waals surface area contributed by atoms with E-state index in [1.165, 1.54) is 55.6 Å². The van der Waals surface area contributed by atoms with Crippen LogP contribution in [0.3, 0.4) is 0 Å². The molecule has 0 fully saturated rings. The first kappa shape index (κ1) is 33.0. The molecule has 9 aromatic rings. The van der Waals surface area contributed by atoms with Crippen LogP contribution in [0.15, 0.2) is 224 Å². The molecule has 2 aliphatic rings. The molecule has 2 heteroatoms. The highest BCUT2D eigenvalue weighted by Crippen LogP contribution is 2.62. The summed E-state index contributed by atoms with van der Waals surface area (Å²) in [5, 5.41) is 0. The molecular weight excluding hydrogens is 691 g/mol. The summed E-state index contributed by atoms with van der Waals surface area (Å²) >= 11 is 0. The van der Waals surface area contributed by atoms with Crippen LogP contribution in [-0.4, -0.2) is 0 Å². The van der Waals surface area contributed by atoms with E-state index in [9.17, 15) is 0 Å². The Bertz CT molecular complexity index is 2870. The molecule has 1 aliphatic heterocycles. The Labute approximate surface area is 333 Å². The van der Waals surface area contributed by atoms with Crippen molar-refractivity contribution in [2.75, 3.05) is 4.90 Å². The molecule has 11 rings (SSSR count). The molecule has 2 nitrogen and oxygen atoms in total. The molecule has 0 N–H and O–H groups in total. The van der Waals surface area contributed by atoms with Crippen LogP contribution in [0.4, 0.5) is 17.1 Å². The van der Waals surface area contributed by atoms with Gasteiger partial charge in [0.2, 0.25) is 0 Å². The van der Waals surface area contributed by atoms with Gasteiger partial charge < -0.3 is 9.64 Å². The van der Waals surface area contributed by atoms with Gasteiger partial charge in [-0.1, -0.05) is 182 Å². The molecule has 57 heavy (non-hydrogen) atoms. The average Bonchev–Trinajstić information content (AvgIpc) is 3.58. The fraction of sp³-hybridized carbons (Fsp3) is 0.0182. The number of anilines is 3. The summed E-state index contributed by atoms with van der Waals surface area (Å²) in [6, 6.07) is 80.8. The maximum atomic E-state index is 6.82. The van der Waals surface area contributed by atoms with Gasteiger partial charge in [0.15, 0.2) is 0 Å². The highest BCUT2D eigenvalue weighted by atomic mass is 16.5. The maximum Gasteiger partial charge on any atom is 0.132 e. The van der Waals surface area contributed by atoms with Gasteiger partial charge in [-0.2, -0.15) is 0 Å². The van der Waals surface area contributed by atoms with E-state index in [2.05, 4.69) is 229 Å². The molecular formula is C55H37NO.